The number of hydrogen-bond acceptors (Lipinski definition) is 2. The summed E-state index contributed by atoms with van der Waals surface area (Å²) in [4.78, 5) is 21.4. The van der Waals surface area contributed by atoms with E-state index in [1.807, 2.05) is 0 Å². The lowest BCUT2D eigenvalue weighted by Gasteiger charge is -2.11. The van der Waals surface area contributed by atoms with Crippen molar-refractivity contribution in [2.45, 2.75) is 13.1 Å². The molecule has 0 saturated carbocycles. The standard InChI is InChI=1S/C10H6F4O2/c1-5(16)8-6(4-15)2-3-7(9(8)11)10(12,13)14/h2-4H,1H3. The van der Waals surface area contributed by atoms with Gasteiger partial charge in [0.2, 0.25) is 0 Å². The van der Waals surface area contributed by atoms with Crippen molar-refractivity contribution in [2.24, 2.45) is 0 Å². The second-order valence-electron chi connectivity index (χ2n) is 3.06. The number of halogens is 4. The minimum atomic E-state index is -4.89. The summed E-state index contributed by atoms with van der Waals surface area (Å²) in [5, 5.41) is 0. The second kappa shape index (κ2) is 4.03. The molecule has 0 atom stereocenters. The molecule has 16 heavy (non-hydrogen) atoms. The summed E-state index contributed by atoms with van der Waals surface area (Å²) < 4.78 is 50.2. The minimum absolute atomic E-state index is 0.139. The van der Waals surface area contributed by atoms with Gasteiger partial charge in [-0.2, -0.15) is 13.2 Å². The number of alkyl halides is 3. The highest BCUT2D eigenvalue weighted by Gasteiger charge is 2.36. The van der Waals surface area contributed by atoms with E-state index in [2.05, 4.69) is 0 Å². The summed E-state index contributed by atoms with van der Waals surface area (Å²) in [5.41, 5.74) is -2.77. The average molecular weight is 234 g/mol. The maximum absolute atomic E-state index is 13.4. The summed E-state index contributed by atoms with van der Waals surface area (Å²) in [6.45, 7) is 0.894. The van der Waals surface area contributed by atoms with Crippen LogP contribution in [-0.4, -0.2) is 12.1 Å². The Hall–Kier alpha value is -1.72. The Labute approximate surface area is 87.9 Å². The molecule has 0 heterocycles. The normalized spacial score (nSPS) is 11.3. The Bertz CT molecular complexity index is 449. The van der Waals surface area contributed by atoms with Crippen LogP contribution in [0, 0.1) is 5.82 Å². The molecule has 0 aliphatic heterocycles. The van der Waals surface area contributed by atoms with Crippen LogP contribution >= 0.6 is 0 Å². The average Bonchev–Trinajstić information content (AvgIpc) is 2.14. The molecule has 1 rings (SSSR count). The van der Waals surface area contributed by atoms with Gasteiger partial charge in [-0.25, -0.2) is 4.39 Å². The first kappa shape index (κ1) is 12.4. The van der Waals surface area contributed by atoms with E-state index >= 15 is 0 Å². The van der Waals surface area contributed by atoms with Crippen LogP contribution in [0.2, 0.25) is 0 Å². The molecule has 0 aliphatic rings. The van der Waals surface area contributed by atoms with Crippen molar-refractivity contribution in [1.29, 1.82) is 0 Å². The summed E-state index contributed by atoms with van der Waals surface area (Å²) in [6, 6.07) is 1.21. The molecule has 0 saturated heterocycles. The van der Waals surface area contributed by atoms with E-state index in [0.717, 1.165) is 13.0 Å². The zero-order chi connectivity index (χ0) is 12.5. The van der Waals surface area contributed by atoms with E-state index in [-0.39, 0.29) is 6.29 Å². The fraction of sp³-hybridized carbons (Fsp3) is 0.200. The lowest BCUT2D eigenvalue weighted by atomic mass is 10.0. The molecule has 0 bridgehead atoms. The topological polar surface area (TPSA) is 34.1 Å². The van der Waals surface area contributed by atoms with Crippen LogP contribution in [-0.2, 0) is 6.18 Å². The van der Waals surface area contributed by atoms with E-state index in [0.29, 0.717) is 6.07 Å². The monoisotopic (exact) mass is 234 g/mol. The van der Waals surface area contributed by atoms with Crippen LogP contribution in [0.3, 0.4) is 0 Å². The predicted octanol–water partition coefficient (Wildman–Crippen LogP) is 2.86. The van der Waals surface area contributed by atoms with Crippen LogP contribution in [0.15, 0.2) is 12.1 Å². The van der Waals surface area contributed by atoms with Crippen molar-refractivity contribution in [2.75, 3.05) is 0 Å². The third kappa shape index (κ3) is 2.10. The van der Waals surface area contributed by atoms with Crippen LogP contribution < -0.4 is 0 Å². The Morgan fingerprint density at radius 3 is 2.25 bits per heavy atom. The number of rotatable bonds is 2. The van der Waals surface area contributed by atoms with Gasteiger partial charge in [0.25, 0.3) is 0 Å². The molecule has 0 radical (unpaired) electrons. The first-order valence-electron chi connectivity index (χ1n) is 4.15. The smallest absolute Gasteiger partial charge is 0.298 e. The Balaban J connectivity index is 3.56. The molecule has 0 N–H and O–H groups in total. The van der Waals surface area contributed by atoms with Gasteiger partial charge in [-0.1, -0.05) is 6.07 Å². The molecule has 0 amide bonds. The van der Waals surface area contributed by atoms with E-state index in [1.54, 1.807) is 0 Å². The van der Waals surface area contributed by atoms with Gasteiger partial charge in [0, 0.05) is 5.56 Å². The van der Waals surface area contributed by atoms with Crippen molar-refractivity contribution in [3.63, 3.8) is 0 Å². The van der Waals surface area contributed by atoms with Gasteiger partial charge in [-0.15, -0.1) is 0 Å². The van der Waals surface area contributed by atoms with Gasteiger partial charge in [-0.3, -0.25) is 9.59 Å². The first-order valence-corrected chi connectivity index (χ1v) is 4.15. The number of ketones is 1. The van der Waals surface area contributed by atoms with Crippen LogP contribution in [0.5, 0.6) is 0 Å². The van der Waals surface area contributed by atoms with Gasteiger partial charge in [-0.05, 0) is 13.0 Å². The van der Waals surface area contributed by atoms with Crippen molar-refractivity contribution in [1.82, 2.24) is 0 Å². The molecule has 0 fully saturated rings. The molecule has 2 nitrogen and oxygen atoms in total. The van der Waals surface area contributed by atoms with E-state index in [9.17, 15) is 27.2 Å². The maximum Gasteiger partial charge on any atom is 0.419 e. The summed E-state index contributed by atoms with van der Waals surface area (Å²) in [7, 11) is 0. The molecule has 6 heteroatoms. The molecule has 0 spiro atoms. The number of carbonyl (C=O) groups is 2. The highest BCUT2D eigenvalue weighted by atomic mass is 19.4. The maximum atomic E-state index is 13.4. The van der Waals surface area contributed by atoms with Crippen molar-refractivity contribution >= 4 is 12.1 Å². The fourth-order valence-corrected chi connectivity index (χ4v) is 1.27. The van der Waals surface area contributed by atoms with Crippen molar-refractivity contribution in [3.05, 3.63) is 34.6 Å². The van der Waals surface area contributed by atoms with Gasteiger partial charge in [0.05, 0.1) is 11.1 Å². The zero-order valence-electron chi connectivity index (χ0n) is 8.06. The Morgan fingerprint density at radius 2 is 1.88 bits per heavy atom. The number of aldehydes is 1. The fourth-order valence-electron chi connectivity index (χ4n) is 1.27. The second-order valence-corrected chi connectivity index (χ2v) is 3.06. The lowest BCUT2D eigenvalue weighted by molar-refractivity contribution is -0.140. The molecule has 1 aromatic carbocycles. The van der Waals surface area contributed by atoms with Gasteiger partial charge in [0.1, 0.15) is 5.82 Å². The van der Waals surface area contributed by atoms with Gasteiger partial charge >= 0.3 is 6.18 Å². The van der Waals surface area contributed by atoms with Crippen molar-refractivity contribution in [3.8, 4) is 0 Å². The molecular formula is C10H6F4O2. The number of Topliss-reactive ketones (excluding diaryl/α,β-unsaturated/α-hetero) is 1. The third-order valence-electron chi connectivity index (χ3n) is 1.96. The van der Waals surface area contributed by atoms with Crippen LogP contribution in [0.25, 0.3) is 0 Å². The first-order chi connectivity index (χ1) is 7.29. The van der Waals surface area contributed by atoms with Gasteiger partial charge < -0.3 is 0 Å². The van der Waals surface area contributed by atoms with E-state index in [1.165, 1.54) is 0 Å². The molecule has 0 aliphatic carbocycles. The van der Waals surface area contributed by atoms with E-state index in [4.69, 9.17) is 0 Å². The lowest BCUT2D eigenvalue weighted by Crippen LogP contribution is -2.13. The Kier molecular flexibility index (Phi) is 3.11. The number of carbonyl (C=O) groups excluding carboxylic acids is 2. The number of hydrogen-bond donors (Lipinski definition) is 0. The quantitative estimate of drug-likeness (QED) is 0.448. The third-order valence-corrected chi connectivity index (χ3v) is 1.96. The number of benzene rings is 1. The van der Waals surface area contributed by atoms with Gasteiger partial charge in [0.15, 0.2) is 12.1 Å². The highest BCUT2D eigenvalue weighted by Crippen LogP contribution is 2.33. The molecule has 0 aromatic heterocycles. The summed E-state index contributed by atoms with van der Waals surface area (Å²) in [5.74, 6) is -2.63. The molecule has 0 unspecified atom stereocenters. The van der Waals surface area contributed by atoms with E-state index < -0.39 is 34.5 Å². The highest BCUT2D eigenvalue weighted by molar-refractivity contribution is 6.01. The minimum Gasteiger partial charge on any atom is -0.298 e. The van der Waals surface area contributed by atoms with Crippen molar-refractivity contribution < 1.29 is 27.2 Å². The zero-order valence-corrected chi connectivity index (χ0v) is 8.06. The summed E-state index contributed by atoms with van der Waals surface area (Å²) >= 11 is 0. The SMILES string of the molecule is CC(=O)c1c(C=O)ccc(C(F)(F)F)c1F. The van der Waals surface area contributed by atoms with Crippen LogP contribution in [0.1, 0.15) is 33.2 Å². The predicted molar refractivity (Wildman–Crippen MR) is 46.8 cm³/mol. The molecule has 1 aromatic rings. The Morgan fingerprint density at radius 1 is 1.31 bits per heavy atom. The summed E-state index contributed by atoms with van der Waals surface area (Å²) in [6.07, 6.45) is -4.75. The molecular weight excluding hydrogens is 228 g/mol. The largest absolute Gasteiger partial charge is 0.419 e. The molecule has 86 valence electrons. The van der Waals surface area contributed by atoms with Crippen LogP contribution in [0.4, 0.5) is 17.6 Å².